The van der Waals surface area contributed by atoms with Crippen LogP contribution in [-0.4, -0.2) is 11.1 Å². The molecule has 98 valence electrons. The molecule has 0 atom stereocenters. The summed E-state index contributed by atoms with van der Waals surface area (Å²) in [5.74, 6) is -0.909. The number of rotatable bonds is 3. The summed E-state index contributed by atoms with van der Waals surface area (Å²) < 4.78 is 1.00. The second kappa shape index (κ2) is 5.45. The van der Waals surface area contributed by atoms with E-state index < -0.39 is 5.97 Å². The second-order valence-electron chi connectivity index (χ2n) is 4.42. The molecule has 2 aromatic rings. The van der Waals surface area contributed by atoms with E-state index in [9.17, 15) is 4.79 Å². The van der Waals surface area contributed by atoms with Crippen LogP contribution in [0.4, 0.5) is 11.4 Å². The number of halogens is 1. The zero-order valence-electron chi connectivity index (χ0n) is 10.7. The molecule has 0 bridgehead atoms. The van der Waals surface area contributed by atoms with Gasteiger partial charge >= 0.3 is 5.97 Å². The molecule has 0 aliphatic carbocycles. The third-order valence-corrected chi connectivity index (χ3v) is 3.44. The van der Waals surface area contributed by atoms with Crippen LogP contribution < -0.4 is 5.32 Å². The number of aromatic carboxylic acids is 1. The molecule has 0 unspecified atom stereocenters. The monoisotopic (exact) mass is 319 g/mol. The maximum absolute atomic E-state index is 10.9. The first-order chi connectivity index (χ1) is 8.97. The molecule has 0 saturated carbocycles. The van der Waals surface area contributed by atoms with Crippen LogP contribution in [0.25, 0.3) is 0 Å². The van der Waals surface area contributed by atoms with Crippen molar-refractivity contribution in [3.05, 3.63) is 57.6 Å². The molecule has 4 heteroatoms. The summed E-state index contributed by atoms with van der Waals surface area (Å²) in [6.45, 7) is 3.91. The van der Waals surface area contributed by atoms with E-state index in [4.69, 9.17) is 5.11 Å². The lowest BCUT2D eigenvalue weighted by atomic mass is 10.1. The van der Waals surface area contributed by atoms with Crippen molar-refractivity contribution in [1.29, 1.82) is 0 Å². The van der Waals surface area contributed by atoms with Gasteiger partial charge in [0.1, 0.15) is 0 Å². The lowest BCUT2D eigenvalue weighted by Gasteiger charge is -2.13. The molecular weight excluding hydrogens is 306 g/mol. The Morgan fingerprint density at radius 2 is 1.79 bits per heavy atom. The van der Waals surface area contributed by atoms with E-state index in [-0.39, 0.29) is 0 Å². The van der Waals surface area contributed by atoms with Crippen molar-refractivity contribution in [2.45, 2.75) is 13.8 Å². The third kappa shape index (κ3) is 3.15. The van der Waals surface area contributed by atoms with Gasteiger partial charge in [0.05, 0.1) is 5.56 Å². The van der Waals surface area contributed by atoms with Crippen molar-refractivity contribution in [1.82, 2.24) is 0 Å². The zero-order chi connectivity index (χ0) is 14.0. The van der Waals surface area contributed by atoms with Crippen LogP contribution in [0.3, 0.4) is 0 Å². The SMILES string of the molecule is Cc1cc(C(=O)O)ccc1Nc1cc(Br)ccc1C. The van der Waals surface area contributed by atoms with Gasteiger partial charge in [0.2, 0.25) is 0 Å². The minimum Gasteiger partial charge on any atom is -0.478 e. The first-order valence-corrected chi connectivity index (χ1v) is 6.64. The Balaban J connectivity index is 2.33. The minimum absolute atomic E-state index is 0.300. The maximum atomic E-state index is 10.9. The summed E-state index contributed by atoms with van der Waals surface area (Å²) in [6.07, 6.45) is 0. The molecule has 0 fully saturated rings. The molecule has 3 nitrogen and oxygen atoms in total. The molecule has 2 N–H and O–H groups in total. The van der Waals surface area contributed by atoms with E-state index in [0.717, 1.165) is 27.0 Å². The van der Waals surface area contributed by atoms with E-state index in [0.29, 0.717) is 5.56 Å². The topological polar surface area (TPSA) is 49.3 Å². The molecule has 2 rings (SSSR count). The summed E-state index contributed by atoms with van der Waals surface area (Å²) in [6, 6.07) is 11.1. The minimum atomic E-state index is -0.909. The van der Waals surface area contributed by atoms with E-state index in [2.05, 4.69) is 21.2 Å². The smallest absolute Gasteiger partial charge is 0.335 e. The van der Waals surface area contributed by atoms with Gasteiger partial charge in [-0.1, -0.05) is 22.0 Å². The lowest BCUT2D eigenvalue weighted by molar-refractivity contribution is 0.0697. The molecule has 19 heavy (non-hydrogen) atoms. The number of anilines is 2. The normalized spacial score (nSPS) is 10.3. The van der Waals surface area contributed by atoms with Gasteiger partial charge in [-0.3, -0.25) is 0 Å². The number of nitrogens with one attached hydrogen (secondary N) is 1. The molecule has 2 aromatic carbocycles. The summed E-state index contributed by atoms with van der Waals surface area (Å²) in [5, 5.41) is 12.3. The number of carboxylic acids is 1. The zero-order valence-corrected chi connectivity index (χ0v) is 12.3. The van der Waals surface area contributed by atoms with Gasteiger partial charge in [0.25, 0.3) is 0 Å². The molecule has 0 spiro atoms. The summed E-state index contributed by atoms with van der Waals surface area (Å²) >= 11 is 3.44. The van der Waals surface area contributed by atoms with Crippen molar-refractivity contribution < 1.29 is 9.90 Å². The highest BCUT2D eigenvalue weighted by Crippen LogP contribution is 2.26. The maximum Gasteiger partial charge on any atom is 0.335 e. The molecule has 0 aliphatic heterocycles. The van der Waals surface area contributed by atoms with Gasteiger partial charge in [0, 0.05) is 15.8 Å². The van der Waals surface area contributed by atoms with Crippen LogP contribution in [0.5, 0.6) is 0 Å². The summed E-state index contributed by atoms with van der Waals surface area (Å²) in [5.41, 5.74) is 4.24. The number of hydrogen-bond acceptors (Lipinski definition) is 2. The molecular formula is C15H14BrNO2. The van der Waals surface area contributed by atoms with Crippen LogP contribution in [-0.2, 0) is 0 Å². The van der Waals surface area contributed by atoms with E-state index in [1.165, 1.54) is 0 Å². The van der Waals surface area contributed by atoms with Crippen LogP contribution in [0.15, 0.2) is 40.9 Å². The number of benzene rings is 2. The summed E-state index contributed by atoms with van der Waals surface area (Å²) in [7, 11) is 0. The number of aryl methyl sites for hydroxylation is 2. The fraction of sp³-hybridized carbons (Fsp3) is 0.133. The van der Waals surface area contributed by atoms with Gasteiger partial charge in [-0.2, -0.15) is 0 Å². The predicted octanol–water partition coefficient (Wildman–Crippen LogP) is 4.51. The average molecular weight is 320 g/mol. The van der Waals surface area contributed by atoms with E-state index in [1.807, 2.05) is 32.0 Å². The van der Waals surface area contributed by atoms with Gasteiger partial charge in [-0.25, -0.2) is 4.79 Å². The highest BCUT2D eigenvalue weighted by Gasteiger charge is 2.07. The molecule has 0 aliphatic rings. The molecule has 0 heterocycles. The first kappa shape index (κ1) is 13.6. The standard InChI is InChI=1S/C15H14BrNO2/c1-9-3-5-12(16)8-14(9)17-13-6-4-11(15(18)19)7-10(13)2/h3-8,17H,1-2H3,(H,18,19). The fourth-order valence-corrected chi connectivity index (χ4v) is 2.17. The fourth-order valence-electron chi connectivity index (χ4n) is 1.81. The van der Waals surface area contributed by atoms with Gasteiger partial charge in [-0.05, 0) is 55.3 Å². The lowest BCUT2D eigenvalue weighted by Crippen LogP contribution is -2.00. The highest BCUT2D eigenvalue weighted by molar-refractivity contribution is 9.10. The van der Waals surface area contributed by atoms with Crippen molar-refractivity contribution >= 4 is 33.3 Å². The quantitative estimate of drug-likeness (QED) is 0.875. The van der Waals surface area contributed by atoms with Crippen LogP contribution in [0.2, 0.25) is 0 Å². The Hall–Kier alpha value is -1.81. The van der Waals surface area contributed by atoms with E-state index >= 15 is 0 Å². The number of hydrogen-bond donors (Lipinski definition) is 2. The van der Waals surface area contributed by atoms with Crippen molar-refractivity contribution in [3.63, 3.8) is 0 Å². The van der Waals surface area contributed by atoms with Gasteiger partial charge in [-0.15, -0.1) is 0 Å². The van der Waals surface area contributed by atoms with Gasteiger partial charge in [0.15, 0.2) is 0 Å². The van der Waals surface area contributed by atoms with Crippen molar-refractivity contribution in [2.24, 2.45) is 0 Å². The Bertz CT molecular complexity index is 638. The Labute approximate surface area is 120 Å². The second-order valence-corrected chi connectivity index (χ2v) is 5.33. The molecule has 0 amide bonds. The van der Waals surface area contributed by atoms with Crippen molar-refractivity contribution in [2.75, 3.05) is 5.32 Å². The Kier molecular flexibility index (Phi) is 3.90. The van der Waals surface area contributed by atoms with E-state index in [1.54, 1.807) is 18.2 Å². The molecule has 0 radical (unpaired) electrons. The van der Waals surface area contributed by atoms with Crippen LogP contribution in [0.1, 0.15) is 21.5 Å². The Morgan fingerprint density at radius 1 is 1.05 bits per heavy atom. The van der Waals surface area contributed by atoms with Crippen LogP contribution >= 0.6 is 15.9 Å². The highest BCUT2D eigenvalue weighted by atomic mass is 79.9. The largest absolute Gasteiger partial charge is 0.478 e. The third-order valence-electron chi connectivity index (χ3n) is 2.94. The number of carboxylic acid groups (broad SMARTS) is 1. The predicted molar refractivity (Wildman–Crippen MR) is 80.3 cm³/mol. The Morgan fingerprint density at radius 3 is 2.42 bits per heavy atom. The number of carbonyl (C=O) groups is 1. The van der Waals surface area contributed by atoms with Gasteiger partial charge < -0.3 is 10.4 Å². The average Bonchev–Trinajstić information content (AvgIpc) is 2.36. The van der Waals surface area contributed by atoms with Crippen molar-refractivity contribution in [3.8, 4) is 0 Å². The molecule has 0 aromatic heterocycles. The molecule has 0 saturated heterocycles. The summed E-state index contributed by atoms with van der Waals surface area (Å²) in [4.78, 5) is 10.9. The first-order valence-electron chi connectivity index (χ1n) is 5.84. The van der Waals surface area contributed by atoms with Crippen LogP contribution in [0, 0.1) is 13.8 Å².